The number of Topliss-reactive ketones (excluding diaryl/α,β-unsaturated/α-hetero) is 3. The molecule has 3 aliphatic rings. The van der Waals surface area contributed by atoms with E-state index in [2.05, 4.69) is 13.8 Å². The number of carbonyl (C=O) groups excluding carboxylic acids is 6. The van der Waals surface area contributed by atoms with Gasteiger partial charge in [-0.3, -0.25) is 28.8 Å². The van der Waals surface area contributed by atoms with E-state index in [1.165, 1.54) is 0 Å². The molecule has 0 aromatic heterocycles. The van der Waals surface area contributed by atoms with Gasteiger partial charge in [0.15, 0.2) is 5.78 Å². The number of ketones is 3. The molecule has 6 atom stereocenters. The number of ether oxygens (including phenoxy) is 1. The van der Waals surface area contributed by atoms with E-state index in [9.17, 15) is 28.8 Å². The minimum absolute atomic E-state index is 0.00708. The Balaban J connectivity index is 1.87. The topological polar surface area (TPSA) is 141 Å². The van der Waals surface area contributed by atoms with E-state index in [1.54, 1.807) is 25.7 Å². The Morgan fingerprint density at radius 3 is 1.96 bits per heavy atom. The molecule has 2 aliphatic heterocycles. The van der Waals surface area contributed by atoms with Gasteiger partial charge in [-0.05, 0) is 56.3 Å². The highest BCUT2D eigenvalue weighted by Crippen LogP contribution is 2.65. The maximum atomic E-state index is 14.3. The number of nitrogens with zero attached hydrogens (tertiary/aromatic N) is 1. The van der Waals surface area contributed by atoms with Crippen LogP contribution in [0.4, 0.5) is 0 Å². The van der Waals surface area contributed by atoms with Gasteiger partial charge in [0, 0.05) is 37.6 Å². The van der Waals surface area contributed by atoms with Gasteiger partial charge in [0.25, 0.3) is 5.91 Å². The lowest BCUT2D eigenvalue weighted by Crippen LogP contribution is -2.49. The third kappa shape index (κ3) is 9.72. The summed E-state index contributed by atoms with van der Waals surface area (Å²) in [4.78, 5) is 81.5. The number of nitrogens with two attached hydrogens (primary N) is 1. The molecule has 1 unspecified atom stereocenters. The highest BCUT2D eigenvalue weighted by molar-refractivity contribution is 6.36. The SMILES string of the molecule is CC(C)(C)OC(=O)C(CC(=O)C[C@H]1CCCCCCCCCC[C@@H](C(=O)C(N)=O)CC(=O)[C@@H]2[C@@H]3[C@H](CN2C1=O)C3(C)C)C(C)(C)C. The average molecular weight is 645 g/mol. The number of hydrogen-bond donors (Lipinski definition) is 1. The summed E-state index contributed by atoms with van der Waals surface area (Å²) in [5, 5.41) is 0. The average Bonchev–Trinajstić information content (AvgIpc) is 3.25. The Bertz CT molecular complexity index is 1160. The van der Waals surface area contributed by atoms with Crippen molar-refractivity contribution in [1.29, 1.82) is 0 Å². The molecule has 1 saturated carbocycles. The van der Waals surface area contributed by atoms with Gasteiger partial charge < -0.3 is 15.4 Å². The molecule has 1 aliphatic carbocycles. The van der Waals surface area contributed by atoms with Gasteiger partial charge in [-0.2, -0.15) is 0 Å². The molecule has 2 N–H and O–H groups in total. The smallest absolute Gasteiger partial charge is 0.310 e. The van der Waals surface area contributed by atoms with Crippen LogP contribution in [-0.2, 0) is 33.5 Å². The van der Waals surface area contributed by atoms with E-state index < -0.39 is 52.5 Å². The fraction of sp³-hybridized carbons (Fsp3) is 0.838. The zero-order valence-corrected chi connectivity index (χ0v) is 29.7. The number of piperidine rings is 1. The van der Waals surface area contributed by atoms with E-state index in [-0.39, 0.29) is 54.0 Å². The fourth-order valence-corrected chi connectivity index (χ4v) is 7.86. The van der Waals surface area contributed by atoms with Crippen molar-refractivity contribution in [2.24, 2.45) is 46.2 Å². The van der Waals surface area contributed by atoms with Crippen molar-refractivity contribution in [2.45, 2.75) is 151 Å². The Morgan fingerprint density at radius 2 is 1.43 bits per heavy atom. The van der Waals surface area contributed by atoms with Crippen LogP contribution in [0.15, 0.2) is 0 Å². The second-order valence-corrected chi connectivity index (χ2v) is 17.0. The highest BCUT2D eigenvalue weighted by Gasteiger charge is 2.69. The number of esters is 1. The van der Waals surface area contributed by atoms with Crippen molar-refractivity contribution in [1.82, 2.24) is 4.90 Å². The van der Waals surface area contributed by atoms with Gasteiger partial charge in [-0.25, -0.2) is 0 Å². The predicted molar refractivity (Wildman–Crippen MR) is 176 cm³/mol. The molecule has 2 amide bonds. The summed E-state index contributed by atoms with van der Waals surface area (Å²) < 4.78 is 5.67. The monoisotopic (exact) mass is 644 g/mol. The quantitative estimate of drug-likeness (QED) is 0.265. The molecule has 9 heteroatoms. The molecule has 260 valence electrons. The molecule has 0 spiro atoms. The largest absolute Gasteiger partial charge is 0.460 e. The van der Waals surface area contributed by atoms with Crippen LogP contribution in [0.5, 0.6) is 0 Å². The van der Waals surface area contributed by atoms with Crippen LogP contribution < -0.4 is 5.73 Å². The summed E-state index contributed by atoms with van der Waals surface area (Å²) in [6.45, 7) is 15.8. The molecule has 0 bridgehead atoms. The zero-order chi connectivity index (χ0) is 34.6. The minimum Gasteiger partial charge on any atom is -0.460 e. The third-order valence-electron chi connectivity index (χ3n) is 10.7. The molecule has 46 heavy (non-hydrogen) atoms. The first-order valence-electron chi connectivity index (χ1n) is 17.7. The molecule has 0 radical (unpaired) electrons. The van der Waals surface area contributed by atoms with Gasteiger partial charge >= 0.3 is 5.97 Å². The van der Waals surface area contributed by atoms with Gasteiger partial charge in [-0.15, -0.1) is 0 Å². The van der Waals surface area contributed by atoms with Crippen LogP contribution in [-0.4, -0.2) is 58.2 Å². The number of carbonyl (C=O) groups is 6. The fourth-order valence-electron chi connectivity index (χ4n) is 7.86. The molecular weight excluding hydrogens is 584 g/mol. The van der Waals surface area contributed by atoms with Gasteiger partial charge in [0.05, 0.1) is 12.0 Å². The van der Waals surface area contributed by atoms with E-state index >= 15 is 0 Å². The van der Waals surface area contributed by atoms with E-state index in [0.717, 1.165) is 51.4 Å². The highest BCUT2D eigenvalue weighted by atomic mass is 16.6. The van der Waals surface area contributed by atoms with E-state index in [1.807, 2.05) is 20.8 Å². The Hall–Kier alpha value is -2.58. The Labute approximate surface area is 276 Å². The van der Waals surface area contributed by atoms with Crippen LogP contribution in [0.25, 0.3) is 0 Å². The predicted octanol–water partition coefficient (Wildman–Crippen LogP) is 5.98. The lowest BCUT2D eigenvalue weighted by atomic mass is 9.76. The summed E-state index contributed by atoms with van der Waals surface area (Å²) in [7, 11) is 0. The maximum Gasteiger partial charge on any atom is 0.310 e. The summed E-state index contributed by atoms with van der Waals surface area (Å²) in [5.74, 6) is -4.59. The van der Waals surface area contributed by atoms with E-state index in [0.29, 0.717) is 19.4 Å². The van der Waals surface area contributed by atoms with E-state index in [4.69, 9.17) is 10.5 Å². The van der Waals surface area contributed by atoms with Crippen LogP contribution in [0.2, 0.25) is 0 Å². The van der Waals surface area contributed by atoms with Crippen molar-refractivity contribution in [3.63, 3.8) is 0 Å². The number of rotatable bonds is 7. The normalized spacial score (nSPS) is 28.8. The van der Waals surface area contributed by atoms with Crippen molar-refractivity contribution in [2.75, 3.05) is 6.54 Å². The molecule has 2 saturated heterocycles. The number of fused-ring (bicyclic) bond motifs is 3. The summed E-state index contributed by atoms with van der Waals surface area (Å²) in [6, 6.07) is -0.687. The first-order chi connectivity index (χ1) is 21.3. The van der Waals surface area contributed by atoms with Crippen molar-refractivity contribution >= 4 is 35.1 Å². The van der Waals surface area contributed by atoms with Crippen LogP contribution >= 0.6 is 0 Å². The van der Waals surface area contributed by atoms with Crippen LogP contribution in [0, 0.1) is 40.4 Å². The number of hydrogen-bond acceptors (Lipinski definition) is 7. The second kappa shape index (κ2) is 15.1. The molecule has 3 fully saturated rings. The van der Waals surface area contributed by atoms with Crippen LogP contribution in [0.3, 0.4) is 0 Å². The Kier molecular flexibility index (Phi) is 12.4. The van der Waals surface area contributed by atoms with Crippen LogP contribution in [0.1, 0.15) is 139 Å². The minimum atomic E-state index is -1.02. The first kappa shape index (κ1) is 37.9. The molecule has 0 aromatic carbocycles. The summed E-state index contributed by atoms with van der Waals surface area (Å²) in [6.07, 6.45) is 8.44. The van der Waals surface area contributed by atoms with Gasteiger partial charge in [0.2, 0.25) is 11.7 Å². The van der Waals surface area contributed by atoms with Gasteiger partial charge in [-0.1, -0.05) is 86.0 Å². The van der Waals surface area contributed by atoms with Crippen molar-refractivity contribution in [3.05, 3.63) is 0 Å². The summed E-state index contributed by atoms with van der Waals surface area (Å²) >= 11 is 0. The molecule has 3 rings (SSSR count). The van der Waals surface area contributed by atoms with Gasteiger partial charge in [0.1, 0.15) is 11.4 Å². The Morgan fingerprint density at radius 1 is 0.891 bits per heavy atom. The first-order valence-corrected chi connectivity index (χ1v) is 17.7. The molecular formula is C37H60N2O7. The lowest BCUT2D eigenvalue weighted by molar-refractivity contribution is -0.165. The summed E-state index contributed by atoms with van der Waals surface area (Å²) in [5.41, 5.74) is 4.07. The lowest BCUT2D eigenvalue weighted by Gasteiger charge is -2.34. The van der Waals surface area contributed by atoms with Crippen molar-refractivity contribution < 1.29 is 33.5 Å². The third-order valence-corrected chi connectivity index (χ3v) is 10.7. The molecule has 9 nitrogen and oxygen atoms in total. The molecule has 0 aromatic rings. The van der Waals surface area contributed by atoms with Crippen molar-refractivity contribution in [3.8, 4) is 0 Å². The maximum absolute atomic E-state index is 14.3. The second-order valence-electron chi connectivity index (χ2n) is 17.0. The molecule has 2 heterocycles. The zero-order valence-electron chi connectivity index (χ0n) is 29.7. The number of amides is 2. The number of primary amides is 1. The standard InChI is InChI=1S/C37H60N2O7/c1-35(2,3)26(34(45)46-36(4,5)6)21-25(40)19-24-18-16-14-12-10-9-11-13-15-17-23(31(42)32(38)43)20-28(41)30-29-27(37(29,7)8)22-39(30)33(24)44/h23-24,26-27,29-30H,9-22H2,1-8H3,(H2,38,43)/t23-,24-,26?,27+,29+,30-/m1/s1.